The van der Waals surface area contributed by atoms with E-state index in [9.17, 15) is 4.79 Å². The molecule has 1 aliphatic heterocycles. The van der Waals surface area contributed by atoms with E-state index >= 15 is 0 Å². The van der Waals surface area contributed by atoms with Crippen LogP contribution in [-0.4, -0.2) is 12.5 Å². The van der Waals surface area contributed by atoms with Crippen LogP contribution < -0.4 is 10.1 Å². The van der Waals surface area contributed by atoms with E-state index < -0.39 is 0 Å². The molecule has 0 unspecified atom stereocenters. The van der Waals surface area contributed by atoms with E-state index in [1.807, 2.05) is 35.7 Å². The molecule has 3 rings (SSSR count). The summed E-state index contributed by atoms with van der Waals surface area (Å²) in [4.78, 5) is 12.9. The quantitative estimate of drug-likeness (QED) is 0.877. The van der Waals surface area contributed by atoms with Crippen molar-refractivity contribution >= 4 is 23.3 Å². The molecule has 0 saturated carbocycles. The van der Waals surface area contributed by atoms with Crippen LogP contribution in [0, 0.1) is 0 Å². The number of thiophene rings is 1. The molecule has 0 radical (unpaired) electrons. The summed E-state index contributed by atoms with van der Waals surface area (Å²) in [6.07, 6.45) is 4.36. The van der Waals surface area contributed by atoms with Crippen molar-refractivity contribution in [3.8, 4) is 5.75 Å². The van der Waals surface area contributed by atoms with E-state index in [0.717, 1.165) is 29.2 Å². The Kier molecular flexibility index (Phi) is 3.83. The van der Waals surface area contributed by atoms with Crippen molar-refractivity contribution in [2.24, 2.45) is 0 Å². The number of carbonyl (C=O) groups is 1. The molecule has 1 aliphatic rings. The summed E-state index contributed by atoms with van der Waals surface area (Å²) in [7, 11) is 0. The predicted octanol–water partition coefficient (Wildman–Crippen LogP) is 3.01. The van der Waals surface area contributed by atoms with Crippen molar-refractivity contribution in [1.82, 2.24) is 5.32 Å². The molecule has 102 valence electrons. The fourth-order valence-electron chi connectivity index (χ4n) is 2.13. The molecule has 0 bridgehead atoms. The van der Waals surface area contributed by atoms with Gasteiger partial charge in [-0.3, -0.25) is 4.79 Å². The molecule has 0 atom stereocenters. The molecule has 1 aromatic carbocycles. The molecular weight excluding hydrogens is 270 g/mol. The number of fused-ring (bicyclic) bond motifs is 1. The number of hydrogen-bond donors (Lipinski definition) is 1. The number of hydrogen-bond acceptors (Lipinski definition) is 3. The number of rotatable bonds is 4. The Balaban J connectivity index is 1.58. The first-order chi connectivity index (χ1) is 9.81. The van der Waals surface area contributed by atoms with Gasteiger partial charge in [-0.25, -0.2) is 0 Å². The van der Waals surface area contributed by atoms with Crippen molar-refractivity contribution in [2.45, 2.75) is 13.0 Å². The first-order valence-corrected chi connectivity index (χ1v) is 7.43. The summed E-state index contributed by atoms with van der Waals surface area (Å²) in [5.41, 5.74) is 2.24. The maximum Gasteiger partial charge on any atom is 0.244 e. The highest BCUT2D eigenvalue weighted by atomic mass is 32.1. The van der Waals surface area contributed by atoms with E-state index in [-0.39, 0.29) is 5.91 Å². The Hall–Kier alpha value is -2.07. The second-order valence-electron chi connectivity index (χ2n) is 4.60. The van der Waals surface area contributed by atoms with Gasteiger partial charge in [0.1, 0.15) is 5.75 Å². The van der Waals surface area contributed by atoms with Gasteiger partial charge in [-0.05, 0) is 40.8 Å². The van der Waals surface area contributed by atoms with Gasteiger partial charge >= 0.3 is 0 Å². The Labute approximate surface area is 121 Å². The summed E-state index contributed by atoms with van der Waals surface area (Å²) in [6.45, 7) is 1.34. The van der Waals surface area contributed by atoms with E-state index in [4.69, 9.17) is 4.74 Å². The van der Waals surface area contributed by atoms with Crippen LogP contribution in [0.2, 0.25) is 0 Å². The van der Waals surface area contributed by atoms with Crippen LogP contribution >= 0.6 is 11.3 Å². The number of ether oxygens (including phenoxy) is 1. The third kappa shape index (κ3) is 3.08. The molecule has 3 nitrogen and oxygen atoms in total. The molecule has 1 N–H and O–H groups in total. The van der Waals surface area contributed by atoms with Crippen LogP contribution in [-0.2, 0) is 17.8 Å². The Morgan fingerprint density at radius 1 is 1.40 bits per heavy atom. The van der Waals surface area contributed by atoms with Gasteiger partial charge in [0.25, 0.3) is 0 Å². The van der Waals surface area contributed by atoms with Gasteiger partial charge in [0.2, 0.25) is 5.91 Å². The monoisotopic (exact) mass is 285 g/mol. The van der Waals surface area contributed by atoms with Crippen molar-refractivity contribution < 1.29 is 9.53 Å². The summed E-state index contributed by atoms with van der Waals surface area (Å²) < 4.78 is 5.46. The largest absolute Gasteiger partial charge is 0.493 e. The minimum Gasteiger partial charge on any atom is -0.493 e. The fourth-order valence-corrected chi connectivity index (χ4v) is 2.77. The van der Waals surface area contributed by atoms with Crippen LogP contribution in [0.25, 0.3) is 6.08 Å². The second-order valence-corrected chi connectivity index (χ2v) is 5.63. The van der Waals surface area contributed by atoms with Crippen molar-refractivity contribution in [2.75, 3.05) is 6.61 Å². The van der Waals surface area contributed by atoms with Crippen LogP contribution in [0.15, 0.2) is 41.8 Å². The van der Waals surface area contributed by atoms with Gasteiger partial charge in [0, 0.05) is 17.4 Å². The number of nitrogens with one attached hydrogen (secondary N) is 1. The highest BCUT2D eigenvalue weighted by Crippen LogP contribution is 2.26. The molecule has 0 spiro atoms. The maximum absolute atomic E-state index is 11.7. The van der Waals surface area contributed by atoms with Crippen LogP contribution in [0.3, 0.4) is 0 Å². The van der Waals surface area contributed by atoms with E-state index in [1.54, 1.807) is 17.4 Å². The Morgan fingerprint density at radius 2 is 2.35 bits per heavy atom. The van der Waals surface area contributed by atoms with E-state index in [2.05, 4.69) is 11.4 Å². The minimum absolute atomic E-state index is 0.0739. The molecule has 1 amide bonds. The lowest BCUT2D eigenvalue weighted by Crippen LogP contribution is -2.19. The third-order valence-electron chi connectivity index (χ3n) is 3.16. The molecular formula is C16H15NO2S. The third-order valence-corrected chi connectivity index (χ3v) is 4.03. The summed E-state index contributed by atoms with van der Waals surface area (Å²) in [5.74, 6) is 0.888. The zero-order valence-corrected chi connectivity index (χ0v) is 11.8. The molecule has 2 aromatic rings. The molecule has 1 aromatic heterocycles. The lowest BCUT2D eigenvalue weighted by atomic mass is 10.1. The maximum atomic E-state index is 11.7. The van der Waals surface area contributed by atoms with Crippen LogP contribution in [0.4, 0.5) is 0 Å². The fraction of sp³-hybridized carbons (Fsp3) is 0.188. The molecule has 0 fully saturated rings. The van der Waals surface area contributed by atoms with Crippen molar-refractivity contribution in [3.05, 3.63) is 57.8 Å². The predicted molar refractivity (Wildman–Crippen MR) is 80.8 cm³/mol. The molecule has 2 heterocycles. The Bertz CT molecular complexity index is 632. The normalized spacial score (nSPS) is 13.2. The van der Waals surface area contributed by atoms with Crippen LogP contribution in [0.1, 0.15) is 16.0 Å². The van der Waals surface area contributed by atoms with Gasteiger partial charge in [-0.1, -0.05) is 12.1 Å². The smallest absolute Gasteiger partial charge is 0.244 e. The number of carbonyl (C=O) groups excluding carboxylic acids is 1. The average molecular weight is 285 g/mol. The van der Waals surface area contributed by atoms with Crippen molar-refractivity contribution in [1.29, 1.82) is 0 Å². The zero-order chi connectivity index (χ0) is 13.8. The molecule has 0 aliphatic carbocycles. The topological polar surface area (TPSA) is 38.3 Å². The zero-order valence-electron chi connectivity index (χ0n) is 11.0. The van der Waals surface area contributed by atoms with E-state index in [0.29, 0.717) is 6.54 Å². The molecule has 0 saturated heterocycles. The van der Waals surface area contributed by atoms with Gasteiger partial charge < -0.3 is 10.1 Å². The second kappa shape index (κ2) is 5.92. The number of amides is 1. The van der Waals surface area contributed by atoms with Crippen LogP contribution in [0.5, 0.6) is 5.75 Å². The van der Waals surface area contributed by atoms with Gasteiger partial charge in [-0.2, -0.15) is 0 Å². The van der Waals surface area contributed by atoms with E-state index in [1.165, 1.54) is 5.56 Å². The first kappa shape index (κ1) is 12.9. The standard InChI is InChI=1S/C16H15NO2S/c18-16(17-11-14-2-1-9-20-14)6-4-12-3-5-15-13(10-12)7-8-19-15/h1-6,9-10H,7-8,11H2,(H,17,18)/b6-4+. The lowest BCUT2D eigenvalue weighted by Gasteiger charge is -2.01. The average Bonchev–Trinajstić information content (AvgIpc) is 3.13. The lowest BCUT2D eigenvalue weighted by molar-refractivity contribution is -0.116. The Morgan fingerprint density at radius 3 is 3.20 bits per heavy atom. The highest BCUT2D eigenvalue weighted by molar-refractivity contribution is 7.09. The highest BCUT2D eigenvalue weighted by Gasteiger charge is 2.11. The van der Waals surface area contributed by atoms with Gasteiger partial charge in [-0.15, -0.1) is 11.3 Å². The first-order valence-electron chi connectivity index (χ1n) is 6.55. The number of benzene rings is 1. The SMILES string of the molecule is O=C(/C=C/c1ccc2c(c1)CCO2)NCc1cccs1. The van der Waals surface area contributed by atoms with Crippen molar-refractivity contribution in [3.63, 3.8) is 0 Å². The van der Waals surface area contributed by atoms with Gasteiger partial charge in [0.05, 0.1) is 13.2 Å². The minimum atomic E-state index is -0.0739. The summed E-state index contributed by atoms with van der Waals surface area (Å²) in [5, 5.41) is 4.87. The molecule has 4 heteroatoms. The summed E-state index contributed by atoms with van der Waals surface area (Å²) in [6, 6.07) is 9.99. The summed E-state index contributed by atoms with van der Waals surface area (Å²) >= 11 is 1.64. The van der Waals surface area contributed by atoms with Gasteiger partial charge in [0.15, 0.2) is 0 Å². The molecule has 20 heavy (non-hydrogen) atoms.